The lowest BCUT2D eigenvalue weighted by Gasteiger charge is -2.42. The summed E-state index contributed by atoms with van der Waals surface area (Å²) in [7, 11) is 0. The number of carbonyl (C=O) groups is 1. The van der Waals surface area contributed by atoms with Gasteiger partial charge >= 0.3 is 0 Å². The van der Waals surface area contributed by atoms with Gasteiger partial charge in [-0.05, 0) is 55.8 Å². The molecule has 4 aliphatic rings. The maximum Gasteiger partial charge on any atom is 0.222 e. The van der Waals surface area contributed by atoms with Crippen LogP contribution in [0.25, 0.3) is 0 Å². The number of hydrogen-bond donors (Lipinski definition) is 0. The normalized spacial score (nSPS) is 28.6. The van der Waals surface area contributed by atoms with Gasteiger partial charge in [-0.2, -0.15) is 0 Å². The molecule has 1 spiro atoms. The van der Waals surface area contributed by atoms with Crippen LogP contribution in [-0.4, -0.2) is 38.7 Å². The first kappa shape index (κ1) is 15.8. The van der Waals surface area contributed by atoms with E-state index in [1.165, 1.54) is 57.8 Å². The van der Waals surface area contributed by atoms with Crippen LogP contribution < -0.4 is 0 Å². The van der Waals surface area contributed by atoms with Crippen molar-refractivity contribution < 1.29 is 4.79 Å². The number of aromatic nitrogens is 3. The maximum atomic E-state index is 12.9. The van der Waals surface area contributed by atoms with Gasteiger partial charge in [0, 0.05) is 32.0 Å². The largest absolute Gasteiger partial charge is 0.341 e. The van der Waals surface area contributed by atoms with Gasteiger partial charge in [0.25, 0.3) is 0 Å². The van der Waals surface area contributed by atoms with Gasteiger partial charge in [-0.25, -0.2) is 0 Å². The van der Waals surface area contributed by atoms with Crippen LogP contribution in [0.15, 0.2) is 6.33 Å². The molecule has 1 amide bonds. The standard InChI is InChI=1S/C20H30N4O/c25-18(10-15-4-1-2-5-15)23-12-17(20(13-23)8-3-9-20)19-22-21-14-24(19)11-16-6-7-16/h14-17H,1-13H2. The lowest BCUT2D eigenvalue weighted by atomic mass is 9.62. The van der Waals surface area contributed by atoms with Gasteiger partial charge in [0.05, 0.1) is 0 Å². The van der Waals surface area contributed by atoms with E-state index < -0.39 is 0 Å². The summed E-state index contributed by atoms with van der Waals surface area (Å²) in [5.74, 6) is 3.42. The Morgan fingerprint density at radius 2 is 1.92 bits per heavy atom. The molecule has 0 bridgehead atoms. The number of nitrogens with zero attached hydrogens (tertiary/aromatic N) is 4. The van der Waals surface area contributed by atoms with Crippen molar-refractivity contribution in [3.05, 3.63) is 12.2 Å². The molecule has 1 saturated heterocycles. The monoisotopic (exact) mass is 342 g/mol. The molecule has 1 unspecified atom stereocenters. The van der Waals surface area contributed by atoms with E-state index >= 15 is 0 Å². The highest BCUT2D eigenvalue weighted by Gasteiger charge is 2.53. The highest BCUT2D eigenvalue weighted by Crippen LogP contribution is 2.55. The topological polar surface area (TPSA) is 51.0 Å². The molecule has 3 saturated carbocycles. The Bertz CT molecular complexity index is 640. The second-order valence-electron chi connectivity index (χ2n) is 9.18. The first-order chi connectivity index (χ1) is 12.2. The molecule has 4 fully saturated rings. The van der Waals surface area contributed by atoms with Crippen molar-refractivity contribution in [3.8, 4) is 0 Å². The third-order valence-electron chi connectivity index (χ3n) is 7.40. The SMILES string of the molecule is O=C(CC1CCCC1)N1CC(c2nncn2CC2CC2)C2(CCC2)C1. The first-order valence-corrected chi connectivity index (χ1v) is 10.4. The fourth-order valence-electron chi connectivity index (χ4n) is 5.50. The van der Waals surface area contributed by atoms with Crippen molar-refractivity contribution in [2.45, 2.75) is 76.7 Å². The molecule has 5 rings (SSSR count). The number of likely N-dealkylation sites (tertiary alicyclic amines) is 1. The van der Waals surface area contributed by atoms with Crippen LogP contribution >= 0.6 is 0 Å². The predicted molar refractivity (Wildman–Crippen MR) is 94.9 cm³/mol. The van der Waals surface area contributed by atoms with Crippen molar-refractivity contribution in [3.63, 3.8) is 0 Å². The fraction of sp³-hybridized carbons (Fsp3) is 0.850. The molecule has 1 aromatic heterocycles. The van der Waals surface area contributed by atoms with Gasteiger partial charge in [0.2, 0.25) is 5.91 Å². The highest BCUT2D eigenvalue weighted by atomic mass is 16.2. The molecule has 5 heteroatoms. The minimum atomic E-state index is 0.291. The third-order valence-corrected chi connectivity index (χ3v) is 7.40. The van der Waals surface area contributed by atoms with Crippen molar-refractivity contribution in [2.24, 2.45) is 17.3 Å². The lowest BCUT2D eigenvalue weighted by Crippen LogP contribution is -2.38. The lowest BCUT2D eigenvalue weighted by molar-refractivity contribution is -0.131. The highest BCUT2D eigenvalue weighted by molar-refractivity contribution is 5.77. The number of hydrogen-bond acceptors (Lipinski definition) is 3. The molecule has 5 nitrogen and oxygen atoms in total. The first-order valence-electron chi connectivity index (χ1n) is 10.4. The van der Waals surface area contributed by atoms with Crippen molar-refractivity contribution in [1.82, 2.24) is 19.7 Å². The summed E-state index contributed by atoms with van der Waals surface area (Å²) in [5, 5.41) is 8.76. The Hall–Kier alpha value is -1.39. The van der Waals surface area contributed by atoms with E-state index in [4.69, 9.17) is 0 Å². The Balaban J connectivity index is 1.33. The quantitative estimate of drug-likeness (QED) is 0.824. The summed E-state index contributed by atoms with van der Waals surface area (Å²) in [6, 6.07) is 0. The summed E-state index contributed by atoms with van der Waals surface area (Å²) in [6.07, 6.45) is 14.3. The second-order valence-corrected chi connectivity index (χ2v) is 9.18. The van der Waals surface area contributed by atoms with Crippen LogP contribution in [0, 0.1) is 17.3 Å². The predicted octanol–water partition coefficient (Wildman–Crippen LogP) is 3.36. The third kappa shape index (κ3) is 2.89. The molecule has 3 aliphatic carbocycles. The Morgan fingerprint density at radius 3 is 2.60 bits per heavy atom. The van der Waals surface area contributed by atoms with E-state index in [-0.39, 0.29) is 0 Å². The fourth-order valence-corrected chi connectivity index (χ4v) is 5.50. The Kier molecular flexibility index (Phi) is 3.86. The Labute approximate surface area is 150 Å². The second kappa shape index (κ2) is 6.10. The smallest absolute Gasteiger partial charge is 0.222 e. The molecule has 0 aromatic carbocycles. The van der Waals surface area contributed by atoms with Crippen LogP contribution in [0.5, 0.6) is 0 Å². The number of amides is 1. The summed E-state index contributed by atoms with van der Waals surface area (Å²) < 4.78 is 2.30. The number of carbonyl (C=O) groups excluding carboxylic acids is 1. The molecule has 0 N–H and O–H groups in total. The van der Waals surface area contributed by atoms with Gasteiger partial charge in [-0.3, -0.25) is 4.79 Å². The van der Waals surface area contributed by atoms with Gasteiger partial charge in [-0.15, -0.1) is 10.2 Å². The maximum absolute atomic E-state index is 12.9. The average molecular weight is 342 g/mol. The van der Waals surface area contributed by atoms with E-state index in [0.29, 0.717) is 23.2 Å². The van der Waals surface area contributed by atoms with E-state index in [1.54, 1.807) is 0 Å². The zero-order valence-corrected chi connectivity index (χ0v) is 15.2. The molecule has 0 radical (unpaired) electrons. The van der Waals surface area contributed by atoms with Gasteiger partial charge in [0.15, 0.2) is 0 Å². The zero-order valence-electron chi connectivity index (χ0n) is 15.2. The van der Waals surface area contributed by atoms with Crippen molar-refractivity contribution in [2.75, 3.05) is 13.1 Å². The van der Waals surface area contributed by atoms with Crippen LogP contribution in [-0.2, 0) is 11.3 Å². The van der Waals surface area contributed by atoms with Gasteiger partial charge in [-0.1, -0.05) is 19.3 Å². The van der Waals surface area contributed by atoms with E-state index in [9.17, 15) is 4.79 Å². The summed E-state index contributed by atoms with van der Waals surface area (Å²) in [5.41, 5.74) is 0.291. The van der Waals surface area contributed by atoms with Crippen LogP contribution in [0.1, 0.15) is 76.0 Å². The molecule has 25 heavy (non-hydrogen) atoms. The van der Waals surface area contributed by atoms with Gasteiger partial charge < -0.3 is 9.47 Å². The van der Waals surface area contributed by atoms with Crippen LogP contribution in [0.2, 0.25) is 0 Å². The average Bonchev–Trinajstić information content (AvgIpc) is 2.99. The minimum Gasteiger partial charge on any atom is -0.341 e. The summed E-state index contributed by atoms with van der Waals surface area (Å²) in [4.78, 5) is 15.1. The summed E-state index contributed by atoms with van der Waals surface area (Å²) in [6.45, 7) is 2.90. The van der Waals surface area contributed by atoms with Crippen molar-refractivity contribution >= 4 is 5.91 Å². The van der Waals surface area contributed by atoms with E-state index in [1.807, 2.05) is 6.33 Å². The zero-order chi connectivity index (χ0) is 16.9. The van der Waals surface area contributed by atoms with Crippen LogP contribution in [0.3, 0.4) is 0 Å². The molecule has 136 valence electrons. The van der Waals surface area contributed by atoms with E-state index in [2.05, 4.69) is 19.7 Å². The molecule has 1 atom stereocenters. The van der Waals surface area contributed by atoms with Crippen LogP contribution in [0.4, 0.5) is 0 Å². The van der Waals surface area contributed by atoms with Crippen molar-refractivity contribution in [1.29, 1.82) is 0 Å². The van der Waals surface area contributed by atoms with Gasteiger partial charge in [0.1, 0.15) is 12.2 Å². The molecular formula is C20H30N4O. The Morgan fingerprint density at radius 1 is 1.12 bits per heavy atom. The van der Waals surface area contributed by atoms with E-state index in [0.717, 1.165) is 37.8 Å². The molecule has 1 aromatic rings. The molecular weight excluding hydrogens is 312 g/mol. The minimum absolute atomic E-state index is 0.291. The molecule has 1 aliphatic heterocycles. The number of rotatable bonds is 5. The summed E-state index contributed by atoms with van der Waals surface area (Å²) >= 11 is 0. The molecule has 2 heterocycles.